The van der Waals surface area contributed by atoms with E-state index >= 15 is 0 Å². The van der Waals surface area contributed by atoms with E-state index in [0.29, 0.717) is 5.56 Å². The Hall–Kier alpha value is -3.54. The number of methoxy groups -OCH3 is 1. The average molecular weight is 407 g/mol. The monoisotopic (exact) mass is 407 g/mol. The standard InChI is InChI=1S/C24H25NO5/c1-16-13-22(23(27)15-30-24(28)19-5-4-6-20(26)14-19)17(2)25(16)12-11-18-7-9-21(29-3)10-8-18/h4-10,13-14,26H,11-12,15H2,1-3H3. The molecular formula is C24H25NO5. The molecular weight excluding hydrogens is 382 g/mol. The molecule has 0 atom stereocenters. The molecule has 0 aliphatic rings. The predicted molar refractivity (Wildman–Crippen MR) is 113 cm³/mol. The van der Waals surface area contributed by atoms with E-state index in [9.17, 15) is 14.7 Å². The molecule has 0 saturated heterocycles. The zero-order valence-corrected chi connectivity index (χ0v) is 17.3. The third-order valence-corrected chi connectivity index (χ3v) is 5.07. The van der Waals surface area contributed by atoms with Crippen LogP contribution in [0.1, 0.15) is 37.7 Å². The van der Waals surface area contributed by atoms with Gasteiger partial charge in [0.1, 0.15) is 11.5 Å². The van der Waals surface area contributed by atoms with Gasteiger partial charge in [0.15, 0.2) is 6.61 Å². The smallest absolute Gasteiger partial charge is 0.338 e. The molecule has 156 valence electrons. The normalized spacial score (nSPS) is 10.6. The van der Waals surface area contributed by atoms with Crippen molar-refractivity contribution < 1.29 is 24.2 Å². The number of aryl methyl sites for hydroxylation is 2. The summed E-state index contributed by atoms with van der Waals surface area (Å²) in [5, 5.41) is 9.46. The molecule has 0 saturated carbocycles. The Kier molecular flexibility index (Phi) is 6.57. The number of benzene rings is 2. The highest BCUT2D eigenvalue weighted by Gasteiger charge is 2.18. The number of ether oxygens (including phenoxy) is 2. The maximum absolute atomic E-state index is 12.6. The number of aromatic nitrogens is 1. The van der Waals surface area contributed by atoms with Gasteiger partial charge in [0, 0.05) is 23.5 Å². The van der Waals surface area contributed by atoms with Crippen LogP contribution in [0.25, 0.3) is 0 Å². The molecule has 3 rings (SSSR count). The maximum Gasteiger partial charge on any atom is 0.338 e. The number of phenolic OH excluding ortho intramolecular Hbond substituents is 1. The molecule has 6 nitrogen and oxygen atoms in total. The summed E-state index contributed by atoms with van der Waals surface area (Å²) in [6.45, 7) is 4.24. The minimum atomic E-state index is -0.646. The second-order valence-corrected chi connectivity index (χ2v) is 7.08. The summed E-state index contributed by atoms with van der Waals surface area (Å²) in [4.78, 5) is 24.7. The van der Waals surface area contributed by atoms with Crippen LogP contribution in [0.4, 0.5) is 0 Å². The Morgan fingerprint density at radius 1 is 1.03 bits per heavy atom. The Morgan fingerprint density at radius 3 is 2.43 bits per heavy atom. The summed E-state index contributed by atoms with van der Waals surface area (Å²) < 4.78 is 12.4. The van der Waals surface area contributed by atoms with Gasteiger partial charge in [-0.05, 0) is 62.2 Å². The van der Waals surface area contributed by atoms with E-state index in [2.05, 4.69) is 4.57 Å². The Bertz CT molecular complexity index is 1050. The zero-order chi connectivity index (χ0) is 21.7. The number of aromatic hydroxyl groups is 1. The average Bonchev–Trinajstić information content (AvgIpc) is 3.04. The largest absolute Gasteiger partial charge is 0.508 e. The van der Waals surface area contributed by atoms with Gasteiger partial charge < -0.3 is 19.1 Å². The van der Waals surface area contributed by atoms with Crippen molar-refractivity contribution in [1.82, 2.24) is 4.57 Å². The van der Waals surface area contributed by atoms with Crippen LogP contribution in [0.2, 0.25) is 0 Å². The van der Waals surface area contributed by atoms with E-state index in [-0.39, 0.29) is 23.7 Å². The van der Waals surface area contributed by atoms with Crippen molar-refractivity contribution in [2.45, 2.75) is 26.8 Å². The van der Waals surface area contributed by atoms with Crippen molar-refractivity contribution in [3.05, 3.63) is 82.7 Å². The molecule has 0 bridgehead atoms. The molecule has 2 aromatic carbocycles. The number of carbonyl (C=O) groups is 2. The SMILES string of the molecule is COc1ccc(CCn2c(C)cc(C(=O)COC(=O)c3cccc(O)c3)c2C)cc1. The van der Waals surface area contributed by atoms with Gasteiger partial charge in [-0.1, -0.05) is 18.2 Å². The van der Waals surface area contributed by atoms with Crippen LogP contribution < -0.4 is 4.74 Å². The van der Waals surface area contributed by atoms with Gasteiger partial charge >= 0.3 is 5.97 Å². The first-order valence-electron chi connectivity index (χ1n) is 9.68. The van der Waals surface area contributed by atoms with Crippen LogP contribution in [-0.4, -0.2) is 35.1 Å². The van der Waals surface area contributed by atoms with Crippen molar-refractivity contribution >= 4 is 11.8 Å². The van der Waals surface area contributed by atoms with Crippen LogP contribution in [0.5, 0.6) is 11.5 Å². The summed E-state index contributed by atoms with van der Waals surface area (Å²) in [6, 6.07) is 15.6. The highest BCUT2D eigenvalue weighted by atomic mass is 16.5. The van der Waals surface area contributed by atoms with Crippen LogP contribution in [0, 0.1) is 13.8 Å². The van der Waals surface area contributed by atoms with Crippen molar-refractivity contribution in [3.8, 4) is 11.5 Å². The lowest BCUT2D eigenvalue weighted by atomic mass is 10.1. The molecule has 0 radical (unpaired) electrons. The van der Waals surface area contributed by atoms with Gasteiger partial charge in [0.2, 0.25) is 5.78 Å². The first kappa shape index (κ1) is 21.2. The van der Waals surface area contributed by atoms with Gasteiger partial charge in [-0.2, -0.15) is 0 Å². The number of esters is 1. The van der Waals surface area contributed by atoms with Gasteiger partial charge in [-0.15, -0.1) is 0 Å². The van der Waals surface area contributed by atoms with Crippen LogP contribution >= 0.6 is 0 Å². The number of nitrogens with zero attached hydrogens (tertiary/aromatic N) is 1. The minimum absolute atomic E-state index is 0.0313. The number of hydrogen-bond acceptors (Lipinski definition) is 5. The Balaban J connectivity index is 1.63. The van der Waals surface area contributed by atoms with E-state index in [1.54, 1.807) is 13.2 Å². The summed E-state index contributed by atoms with van der Waals surface area (Å²) in [5.41, 5.74) is 3.75. The molecule has 6 heteroatoms. The highest BCUT2D eigenvalue weighted by molar-refractivity contribution is 6.00. The van der Waals surface area contributed by atoms with Crippen molar-refractivity contribution in [2.75, 3.05) is 13.7 Å². The summed E-state index contributed by atoms with van der Waals surface area (Å²) in [7, 11) is 1.64. The maximum atomic E-state index is 12.6. The molecule has 1 aromatic heterocycles. The fourth-order valence-corrected chi connectivity index (χ4v) is 3.39. The van der Waals surface area contributed by atoms with E-state index in [0.717, 1.165) is 30.1 Å². The lowest BCUT2D eigenvalue weighted by Crippen LogP contribution is -2.15. The molecule has 1 N–H and O–H groups in total. The van der Waals surface area contributed by atoms with Crippen molar-refractivity contribution in [3.63, 3.8) is 0 Å². The van der Waals surface area contributed by atoms with E-state index < -0.39 is 5.97 Å². The molecule has 0 unspecified atom stereocenters. The molecule has 0 spiro atoms. The Labute approximate surface area is 175 Å². The second kappa shape index (κ2) is 9.31. The summed E-state index contributed by atoms with van der Waals surface area (Å²) in [6.07, 6.45) is 0.820. The van der Waals surface area contributed by atoms with E-state index in [4.69, 9.17) is 9.47 Å². The van der Waals surface area contributed by atoms with Crippen LogP contribution in [0.3, 0.4) is 0 Å². The first-order valence-corrected chi connectivity index (χ1v) is 9.68. The number of rotatable bonds is 8. The summed E-state index contributed by atoms with van der Waals surface area (Å²) in [5.74, 6) is -0.115. The topological polar surface area (TPSA) is 77.8 Å². The molecule has 0 fully saturated rings. The summed E-state index contributed by atoms with van der Waals surface area (Å²) >= 11 is 0. The van der Waals surface area contributed by atoms with Crippen LogP contribution in [0.15, 0.2) is 54.6 Å². The van der Waals surface area contributed by atoms with E-state index in [1.807, 2.05) is 44.2 Å². The fraction of sp³-hybridized carbons (Fsp3) is 0.250. The molecule has 3 aromatic rings. The zero-order valence-electron chi connectivity index (χ0n) is 17.3. The minimum Gasteiger partial charge on any atom is -0.508 e. The lowest BCUT2D eigenvalue weighted by molar-refractivity contribution is 0.0474. The van der Waals surface area contributed by atoms with Gasteiger partial charge in [0.05, 0.1) is 12.7 Å². The van der Waals surface area contributed by atoms with Gasteiger partial charge in [0.25, 0.3) is 0 Å². The van der Waals surface area contributed by atoms with Crippen molar-refractivity contribution in [2.24, 2.45) is 0 Å². The Morgan fingerprint density at radius 2 is 1.77 bits per heavy atom. The molecule has 1 heterocycles. The second-order valence-electron chi connectivity index (χ2n) is 7.08. The number of phenols is 1. The number of hydrogen-bond donors (Lipinski definition) is 1. The van der Waals surface area contributed by atoms with Crippen LogP contribution in [-0.2, 0) is 17.7 Å². The predicted octanol–water partition coefficient (Wildman–Crippen LogP) is 4.10. The number of carbonyl (C=O) groups excluding carboxylic acids is 2. The molecule has 30 heavy (non-hydrogen) atoms. The number of Topliss-reactive ketones (excluding diaryl/α,β-unsaturated/α-hetero) is 1. The van der Waals surface area contributed by atoms with Gasteiger partial charge in [-0.25, -0.2) is 4.79 Å². The molecule has 0 aliphatic heterocycles. The first-order chi connectivity index (χ1) is 14.4. The third kappa shape index (κ3) is 4.89. The number of ketones is 1. The van der Waals surface area contributed by atoms with Crippen molar-refractivity contribution in [1.29, 1.82) is 0 Å². The molecule has 0 aliphatic carbocycles. The lowest BCUT2D eigenvalue weighted by Gasteiger charge is -2.10. The highest BCUT2D eigenvalue weighted by Crippen LogP contribution is 2.19. The van der Waals surface area contributed by atoms with Gasteiger partial charge in [-0.3, -0.25) is 4.79 Å². The quantitative estimate of drug-likeness (QED) is 0.449. The van der Waals surface area contributed by atoms with E-state index in [1.165, 1.54) is 23.8 Å². The molecule has 0 amide bonds. The third-order valence-electron chi connectivity index (χ3n) is 5.07. The fourth-order valence-electron chi connectivity index (χ4n) is 3.39.